The average Bonchev–Trinajstić information content (AvgIpc) is 2.39. The first kappa shape index (κ1) is 8.97. The van der Waals surface area contributed by atoms with E-state index in [2.05, 4.69) is 15.0 Å². The van der Waals surface area contributed by atoms with Crippen molar-refractivity contribution in [3.63, 3.8) is 0 Å². The largest absolute Gasteiger partial charge is 0.264 e. The molecule has 3 aromatic rings. The van der Waals surface area contributed by atoms with Crippen molar-refractivity contribution in [2.75, 3.05) is 0 Å². The van der Waals surface area contributed by atoms with E-state index in [0.717, 1.165) is 22.2 Å². The van der Waals surface area contributed by atoms with Gasteiger partial charge in [0.1, 0.15) is 0 Å². The minimum atomic E-state index is 0.906. The lowest BCUT2D eigenvalue weighted by Crippen LogP contribution is -1.86. The van der Waals surface area contributed by atoms with Crippen LogP contribution in [0.3, 0.4) is 0 Å². The number of pyridine rings is 3. The monoisotopic (exact) mass is 207 g/mol. The van der Waals surface area contributed by atoms with Crippen molar-refractivity contribution >= 4 is 10.9 Å². The molecule has 0 bridgehead atoms. The fraction of sp³-hybridized carbons (Fsp3) is 0. The molecule has 0 fully saturated rings. The van der Waals surface area contributed by atoms with E-state index in [1.54, 1.807) is 18.6 Å². The highest BCUT2D eigenvalue weighted by Gasteiger charge is 2.00. The Hall–Kier alpha value is -2.29. The third-order valence-electron chi connectivity index (χ3n) is 2.45. The van der Waals surface area contributed by atoms with Crippen molar-refractivity contribution in [1.82, 2.24) is 15.0 Å². The van der Waals surface area contributed by atoms with Crippen LogP contribution in [-0.2, 0) is 0 Å². The smallest absolute Gasteiger partial charge is 0.0892 e. The summed E-state index contributed by atoms with van der Waals surface area (Å²) in [6, 6.07) is 9.91. The van der Waals surface area contributed by atoms with E-state index in [-0.39, 0.29) is 0 Å². The SMILES string of the molecule is c1cncc(-c2ccc3ccncc3n2)c1. The van der Waals surface area contributed by atoms with Gasteiger partial charge in [-0.25, -0.2) is 4.98 Å². The molecule has 3 aromatic heterocycles. The summed E-state index contributed by atoms with van der Waals surface area (Å²) >= 11 is 0. The predicted octanol–water partition coefficient (Wildman–Crippen LogP) is 2.69. The molecule has 0 aliphatic rings. The van der Waals surface area contributed by atoms with Gasteiger partial charge in [0.25, 0.3) is 0 Å². The van der Waals surface area contributed by atoms with Crippen LogP contribution in [0.4, 0.5) is 0 Å². The summed E-state index contributed by atoms with van der Waals surface area (Å²) in [5, 5.41) is 1.10. The van der Waals surface area contributed by atoms with Gasteiger partial charge in [0, 0.05) is 29.5 Å². The second-order valence-electron chi connectivity index (χ2n) is 3.51. The molecule has 16 heavy (non-hydrogen) atoms. The number of hydrogen-bond acceptors (Lipinski definition) is 3. The zero-order valence-corrected chi connectivity index (χ0v) is 8.54. The zero-order valence-electron chi connectivity index (χ0n) is 8.54. The van der Waals surface area contributed by atoms with Crippen LogP contribution in [0.1, 0.15) is 0 Å². The van der Waals surface area contributed by atoms with Gasteiger partial charge >= 0.3 is 0 Å². The maximum atomic E-state index is 4.54. The summed E-state index contributed by atoms with van der Waals surface area (Å²) < 4.78 is 0. The molecule has 0 aliphatic heterocycles. The average molecular weight is 207 g/mol. The van der Waals surface area contributed by atoms with E-state index in [9.17, 15) is 0 Å². The Morgan fingerprint density at radius 1 is 0.812 bits per heavy atom. The standard InChI is InChI=1S/C13H9N3/c1-2-11(8-14-6-1)12-4-3-10-5-7-15-9-13(10)16-12/h1-9H. The van der Waals surface area contributed by atoms with Gasteiger partial charge in [-0.3, -0.25) is 9.97 Å². The molecule has 0 amide bonds. The van der Waals surface area contributed by atoms with E-state index in [4.69, 9.17) is 0 Å². The second kappa shape index (κ2) is 3.70. The summed E-state index contributed by atoms with van der Waals surface area (Å²) in [7, 11) is 0. The molecule has 3 heterocycles. The summed E-state index contributed by atoms with van der Waals surface area (Å²) in [4.78, 5) is 12.7. The Balaban J connectivity index is 2.19. The quantitative estimate of drug-likeness (QED) is 0.615. The third-order valence-corrected chi connectivity index (χ3v) is 2.45. The van der Waals surface area contributed by atoms with Gasteiger partial charge < -0.3 is 0 Å². The van der Waals surface area contributed by atoms with E-state index in [0.29, 0.717) is 0 Å². The maximum absolute atomic E-state index is 4.54. The minimum absolute atomic E-state index is 0.906. The van der Waals surface area contributed by atoms with E-state index in [1.165, 1.54) is 0 Å². The molecule has 3 rings (SSSR count). The summed E-state index contributed by atoms with van der Waals surface area (Å²) in [5.41, 5.74) is 2.85. The van der Waals surface area contributed by atoms with Crippen LogP contribution in [0, 0.1) is 0 Å². The Morgan fingerprint density at radius 2 is 1.75 bits per heavy atom. The summed E-state index contributed by atoms with van der Waals surface area (Å²) in [6.07, 6.45) is 7.11. The van der Waals surface area contributed by atoms with E-state index >= 15 is 0 Å². The Bertz CT molecular complexity index is 620. The molecule has 0 N–H and O–H groups in total. The highest BCUT2D eigenvalue weighted by atomic mass is 14.7. The van der Waals surface area contributed by atoms with Gasteiger partial charge in [-0.1, -0.05) is 6.07 Å². The fourth-order valence-electron chi connectivity index (χ4n) is 1.64. The highest BCUT2D eigenvalue weighted by Crippen LogP contribution is 2.18. The van der Waals surface area contributed by atoms with Crippen LogP contribution < -0.4 is 0 Å². The minimum Gasteiger partial charge on any atom is -0.264 e. The van der Waals surface area contributed by atoms with Crippen molar-refractivity contribution in [3.8, 4) is 11.3 Å². The van der Waals surface area contributed by atoms with Gasteiger partial charge in [-0.2, -0.15) is 0 Å². The van der Waals surface area contributed by atoms with Gasteiger partial charge in [-0.05, 0) is 24.3 Å². The lowest BCUT2D eigenvalue weighted by Gasteiger charge is -2.01. The number of aromatic nitrogens is 3. The zero-order chi connectivity index (χ0) is 10.8. The molecule has 0 aromatic carbocycles. The van der Waals surface area contributed by atoms with Gasteiger partial charge in [0.2, 0.25) is 0 Å². The number of nitrogens with zero attached hydrogens (tertiary/aromatic N) is 3. The molecular weight excluding hydrogens is 198 g/mol. The van der Waals surface area contributed by atoms with Crippen molar-refractivity contribution in [1.29, 1.82) is 0 Å². The molecule has 0 saturated heterocycles. The van der Waals surface area contributed by atoms with E-state index in [1.807, 2.05) is 36.5 Å². The van der Waals surface area contributed by atoms with Gasteiger partial charge in [0.15, 0.2) is 0 Å². The first-order chi connectivity index (χ1) is 7.93. The molecule has 3 nitrogen and oxygen atoms in total. The predicted molar refractivity (Wildman–Crippen MR) is 62.8 cm³/mol. The number of rotatable bonds is 1. The van der Waals surface area contributed by atoms with E-state index < -0.39 is 0 Å². The van der Waals surface area contributed by atoms with Crippen molar-refractivity contribution in [2.24, 2.45) is 0 Å². The number of fused-ring (bicyclic) bond motifs is 1. The van der Waals surface area contributed by atoms with Gasteiger partial charge in [0.05, 0.1) is 17.4 Å². The normalized spacial score (nSPS) is 10.5. The first-order valence-electron chi connectivity index (χ1n) is 5.05. The van der Waals surface area contributed by atoms with Crippen LogP contribution >= 0.6 is 0 Å². The van der Waals surface area contributed by atoms with Crippen LogP contribution in [0.5, 0.6) is 0 Å². The molecule has 3 heteroatoms. The lowest BCUT2D eigenvalue weighted by molar-refractivity contribution is 1.28. The summed E-state index contributed by atoms with van der Waals surface area (Å²) in [6.45, 7) is 0. The molecule has 0 aliphatic carbocycles. The highest BCUT2D eigenvalue weighted by molar-refractivity contribution is 5.80. The summed E-state index contributed by atoms with van der Waals surface area (Å²) in [5.74, 6) is 0. The van der Waals surface area contributed by atoms with Crippen molar-refractivity contribution in [2.45, 2.75) is 0 Å². The van der Waals surface area contributed by atoms with Crippen molar-refractivity contribution < 1.29 is 0 Å². The molecule has 0 spiro atoms. The lowest BCUT2D eigenvalue weighted by atomic mass is 10.1. The molecular formula is C13H9N3. The molecule has 0 unspecified atom stereocenters. The van der Waals surface area contributed by atoms with Crippen LogP contribution in [-0.4, -0.2) is 15.0 Å². The van der Waals surface area contributed by atoms with Gasteiger partial charge in [-0.15, -0.1) is 0 Å². The Morgan fingerprint density at radius 3 is 2.62 bits per heavy atom. The molecule has 0 atom stereocenters. The van der Waals surface area contributed by atoms with Crippen molar-refractivity contribution in [3.05, 3.63) is 55.1 Å². The fourth-order valence-corrected chi connectivity index (χ4v) is 1.64. The van der Waals surface area contributed by atoms with Crippen LogP contribution in [0.2, 0.25) is 0 Å². The first-order valence-corrected chi connectivity index (χ1v) is 5.05. The Kier molecular flexibility index (Phi) is 2.07. The molecule has 0 saturated carbocycles. The number of hydrogen-bond donors (Lipinski definition) is 0. The second-order valence-corrected chi connectivity index (χ2v) is 3.51. The topological polar surface area (TPSA) is 38.7 Å². The third kappa shape index (κ3) is 1.52. The van der Waals surface area contributed by atoms with Crippen LogP contribution in [0.15, 0.2) is 55.1 Å². The Labute approximate surface area is 92.8 Å². The molecule has 76 valence electrons. The maximum Gasteiger partial charge on any atom is 0.0892 e. The molecule has 0 radical (unpaired) electrons. The van der Waals surface area contributed by atoms with Crippen LogP contribution in [0.25, 0.3) is 22.2 Å².